The van der Waals surface area contributed by atoms with Gasteiger partial charge >= 0.3 is 0 Å². The Bertz CT molecular complexity index is 746. The molecule has 5 heteroatoms. The van der Waals surface area contributed by atoms with Gasteiger partial charge in [-0.05, 0) is 48.7 Å². The van der Waals surface area contributed by atoms with Gasteiger partial charge in [-0.3, -0.25) is 0 Å². The van der Waals surface area contributed by atoms with Gasteiger partial charge in [0.05, 0.1) is 0 Å². The first-order valence-corrected chi connectivity index (χ1v) is 8.78. The molecule has 132 valence electrons. The maximum absolute atomic E-state index is 5.66. The predicted molar refractivity (Wildman–Crippen MR) is 94.9 cm³/mol. The van der Waals surface area contributed by atoms with Gasteiger partial charge in [0.25, 0.3) is 0 Å². The van der Waals surface area contributed by atoms with Crippen molar-refractivity contribution in [1.29, 1.82) is 0 Å². The van der Waals surface area contributed by atoms with Crippen LogP contribution in [0.15, 0.2) is 36.4 Å². The lowest BCUT2D eigenvalue weighted by molar-refractivity contribution is 0.171. The molecule has 5 nitrogen and oxygen atoms in total. The van der Waals surface area contributed by atoms with Crippen LogP contribution in [-0.2, 0) is 13.0 Å². The molecule has 2 aromatic rings. The second-order valence-corrected chi connectivity index (χ2v) is 6.44. The number of rotatable bonds is 5. The third-order valence-electron chi connectivity index (χ3n) is 4.41. The number of hydrogen-bond donors (Lipinski definition) is 1. The van der Waals surface area contributed by atoms with Crippen LogP contribution in [0.4, 0.5) is 0 Å². The first-order chi connectivity index (χ1) is 12.3. The van der Waals surface area contributed by atoms with E-state index < -0.39 is 0 Å². The fourth-order valence-corrected chi connectivity index (χ4v) is 3.13. The van der Waals surface area contributed by atoms with E-state index in [4.69, 9.17) is 18.9 Å². The highest BCUT2D eigenvalue weighted by molar-refractivity contribution is 5.44. The van der Waals surface area contributed by atoms with Crippen molar-refractivity contribution in [2.45, 2.75) is 25.9 Å². The zero-order chi connectivity index (χ0) is 17.1. The topological polar surface area (TPSA) is 49.0 Å². The largest absolute Gasteiger partial charge is 0.486 e. The third kappa shape index (κ3) is 3.82. The average Bonchev–Trinajstić information content (AvgIpc) is 2.66. The number of nitrogens with one attached hydrogen (secondary N) is 1. The summed E-state index contributed by atoms with van der Waals surface area (Å²) in [7, 11) is 0. The molecule has 2 aliphatic rings. The number of ether oxygens (including phenoxy) is 4. The fourth-order valence-electron chi connectivity index (χ4n) is 3.13. The van der Waals surface area contributed by atoms with Crippen LogP contribution in [0.1, 0.15) is 18.1 Å². The van der Waals surface area contributed by atoms with Crippen LogP contribution < -0.4 is 24.3 Å². The summed E-state index contributed by atoms with van der Waals surface area (Å²) in [5.74, 6) is 3.36. The van der Waals surface area contributed by atoms with Crippen LogP contribution in [0.5, 0.6) is 23.0 Å². The Kier molecular flexibility index (Phi) is 4.65. The van der Waals surface area contributed by atoms with E-state index in [1.165, 1.54) is 11.1 Å². The Morgan fingerprint density at radius 1 is 0.760 bits per heavy atom. The lowest BCUT2D eigenvalue weighted by Crippen LogP contribution is -2.27. The molecule has 0 fully saturated rings. The van der Waals surface area contributed by atoms with E-state index in [1.54, 1.807) is 0 Å². The monoisotopic (exact) mass is 341 g/mol. The van der Waals surface area contributed by atoms with Crippen LogP contribution in [-0.4, -0.2) is 32.5 Å². The molecule has 1 unspecified atom stereocenters. The summed E-state index contributed by atoms with van der Waals surface area (Å²) in [5, 5.41) is 3.57. The number of fused-ring (bicyclic) bond motifs is 2. The average molecular weight is 341 g/mol. The highest BCUT2D eigenvalue weighted by Gasteiger charge is 2.14. The standard InChI is InChI=1S/C20H23NO4/c1-14(10-15-2-4-17-19(11-15)24-8-6-22-17)21-13-16-3-5-18-20(12-16)25-9-7-23-18/h2-5,11-12,14,21H,6-10,13H2,1H3. The molecule has 0 spiro atoms. The van der Waals surface area contributed by atoms with Crippen molar-refractivity contribution in [3.63, 3.8) is 0 Å². The smallest absolute Gasteiger partial charge is 0.161 e. The summed E-state index contributed by atoms with van der Waals surface area (Å²) in [4.78, 5) is 0. The number of hydrogen-bond acceptors (Lipinski definition) is 5. The second kappa shape index (κ2) is 7.23. The van der Waals surface area contributed by atoms with Crippen molar-refractivity contribution in [1.82, 2.24) is 5.32 Å². The van der Waals surface area contributed by atoms with Crippen molar-refractivity contribution in [3.05, 3.63) is 47.5 Å². The van der Waals surface area contributed by atoms with Gasteiger partial charge in [0.15, 0.2) is 23.0 Å². The molecule has 4 rings (SSSR count). The van der Waals surface area contributed by atoms with E-state index in [9.17, 15) is 0 Å². The molecule has 0 bridgehead atoms. The van der Waals surface area contributed by atoms with E-state index in [-0.39, 0.29) is 0 Å². The normalized spacial score (nSPS) is 16.4. The SMILES string of the molecule is CC(Cc1ccc2c(c1)OCCO2)NCc1ccc2c(c1)OCCO2. The van der Waals surface area contributed by atoms with Gasteiger partial charge in [-0.15, -0.1) is 0 Å². The Morgan fingerprint density at radius 3 is 1.92 bits per heavy atom. The minimum atomic E-state index is 0.343. The molecule has 0 saturated carbocycles. The predicted octanol–water partition coefficient (Wildman–Crippen LogP) is 2.95. The van der Waals surface area contributed by atoms with Gasteiger partial charge in [-0.25, -0.2) is 0 Å². The Balaban J connectivity index is 1.34. The molecule has 1 atom stereocenters. The molecule has 2 heterocycles. The van der Waals surface area contributed by atoms with Crippen LogP contribution in [0.2, 0.25) is 0 Å². The maximum Gasteiger partial charge on any atom is 0.161 e. The summed E-state index contributed by atoms with van der Waals surface area (Å²) in [6.07, 6.45) is 0.932. The molecule has 0 radical (unpaired) electrons. The molecular formula is C20H23NO4. The maximum atomic E-state index is 5.66. The summed E-state index contributed by atoms with van der Waals surface area (Å²) >= 11 is 0. The van der Waals surface area contributed by atoms with Crippen molar-refractivity contribution in [3.8, 4) is 23.0 Å². The first kappa shape index (κ1) is 16.1. The molecule has 0 saturated heterocycles. The zero-order valence-electron chi connectivity index (χ0n) is 14.4. The Labute approximate surface area is 147 Å². The fraction of sp³-hybridized carbons (Fsp3) is 0.400. The number of benzene rings is 2. The van der Waals surface area contributed by atoms with Gasteiger partial charge < -0.3 is 24.3 Å². The van der Waals surface area contributed by atoms with Gasteiger partial charge in [-0.1, -0.05) is 12.1 Å². The molecule has 25 heavy (non-hydrogen) atoms. The van der Waals surface area contributed by atoms with Gasteiger partial charge in [-0.2, -0.15) is 0 Å². The van der Waals surface area contributed by atoms with Crippen LogP contribution >= 0.6 is 0 Å². The van der Waals surface area contributed by atoms with Crippen LogP contribution in [0, 0.1) is 0 Å². The molecule has 2 aliphatic heterocycles. The summed E-state index contributed by atoms with van der Waals surface area (Å²) in [5.41, 5.74) is 2.43. The zero-order valence-corrected chi connectivity index (χ0v) is 14.4. The Hall–Kier alpha value is -2.40. The molecular weight excluding hydrogens is 318 g/mol. The van der Waals surface area contributed by atoms with Crippen molar-refractivity contribution < 1.29 is 18.9 Å². The highest BCUT2D eigenvalue weighted by Crippen LogP contribution is 2.32. The second-order valence-electron chi connectivity index (χ2n) is 6.44. The van der Waals surface area contributed by atoms with Crippen molar-refractivity contribution in [2.24, 2.45) is 0 Å². The third-order valence-corrected chi connectivity index (χ3v) is 4.41. The molecule has 0 aromatic heterocycles. The van der Waals surface area contributed by atoms with E-state index in [2.05, 4.69) is 36.5 Å². The summed E-state index contributed by atoms with van der Waals surface area (Å²) in [6, 6.07) is 12.6. The first-order valence-electron chi connectivity index (χ1n) is 8.78. The quantitative estimate of drug-likeness (QED) is 0.906. The van der Waals surface area contributed by atoms with Crippen LogP contribution in [0.3, 0.4) is 0 Å². The minimum absolute atomic E-state index is 0.343. The van der Waals surface area contributed by atoms with E-state index in [0.29, 0.717) is 32.5 Å². The van der Waals surface area contributed by atoms with E-state index >= 15 is 0 Å². The molecule has 2 aromatic carbocycles. The van der Waals surface area contributed by atoms with Gasteiger partial charge in [0.1, 0.15) is 26.4 Å². The van der Waals surface area contributed by atoms with E-state index in [0.717, 1.165) is 36.0 Å². The van der Waals surface area contributed by atoms with E-state index in [1.807, 2.05) is 12.1 Å². The Morgan fingerprint density at radius 2 is 1.28 bits per heavy atom. The van der Waals surface area contributed by atoms with Crippen LogP contribution in [0.25, 0.3) is 0 Å². The van der Waals surface area contributed by atoms with Crippen molar-refractivity contribution in [2.75, 3.05) is 26.4 Å². The minimum Gasteiger partial charge on any atom is -0.486 e. The highest BCUT2D eigenvalue weighted by atomic mass is 16.6. The molecule has 0 aliphatic carbocycles. The lowest BCUT2D eigenvalue weighted by Gasteiger charge is -2.21. The summed E-state index contributed by atoms with van der Waals surface area (Å²) < 4.78 is 22.4. The molecule has 1 N–H and O–H groups in total. The van der Waals surface area contributed by atoms with Gasteiger partial charge in [0, 0.05) is 12.6 Å². The van der Waals surface area contributed by atoms with Crippen molar-refractivity contribution >= 4 is 0 Å². The molecule has 0 amide bonds. The van der Waals surface area contributed by atoms with Gasteiger partial charge in [0.2, 0.25) is 0 Å². The summed E-state index contributed by atoms with van der Waals surface area (Å²) in [6.45, 7) is 5.47. The lowest BCUT2D eigenvalue weighted by atomic mass is 10.1.